The minimum Gasteiger partial charge on any atom is -0.356 e. The number of hydrogen-bond donors (Lipinski definition) is 1. The first-order chi connectivity index (χ1) is 6.72. The first-order valence-electron chi connectivity index (χ1n) is 5.03. The van der Waals surface area contributed by atoms with Gasteiger partial charge in [0.2, 0.25) is 0 Å². The first kappa shape index (κ1) is 12.6. The zero-order chi connectivity index (χ0) is 10.1. The van der Waals surface area contributed by atoms with Crippen molar-refractivity contribution in [2.45, 2.75) is 25.9 Å². The van der Waals surface area contributed by atoms with Crippen molar-refractivity contribution in [1.82, 2.24) is 0 Å². The molecule has 1 aliphatic heterocycles. The van der Waals surface area contributed by atoms with Crippen LogP contribution >= 0.6 is 24.0 Å². The predicted octanol–water partition coefficient (Wildman–Crippen LogP) is 2.82. The molecule has 2 N–H and O–H groups in total. The summed E-state index contributed by atoms with van der Waals surface area (Å²) in [4.78, 5) is 2.24. The summed E-state index contributed by atoms with van der Waals surface area (Å²) >= 11 is 5.97. The summed E-state index contributed by atoms with van der Waals surface area (Å²) in [7, 11) is 0. The normalized spacial score (nSPS) is 15.8. The fourth-order valence-electron chi connectivity index (χ4n) is 1.94. The van der Waals surface area contributed by atoms with E-state index in [0.29, 0.717) is 0 Å². The van der Waals surface area contributed by atoms with E-state index in [2.05, 4.69) is 17.9 Å². The summed E-state index contributed by atoms with van der Waals surface area (Å²) in [5.41, 5.74) is 8.60. The number of rotatable bonds is 2. The van der Waals surface area contributed by atoms with Crippen molar-refractivity contribution in [3.8, 4) is 0 Å². The van der Waals surface area contributed by atoms with Crippen LogP contribution in [0.2, 0.25) is 5.02 Å². The molecule has 4 heteroatoms. The van der Waals surface area contributed by atoms with Crippen LogP contribution in [-0.2, 0) is 6.42 Å². The second kappa shape index (κ2) is 5.06. The van der Waals surface area contributed by atoms with Crippen molar-refractivity contribution >= 4 is 29.7 Å². The molecule has 0 spiro atoms. The van der Waals surface area contributed by atoms with Crippen molar-refractivity contribution in [3.05, 3.63) is 28.8 Å². The molecular weight excluding hydrogens is 231 g/mol. The lowest BCUT2D eigenvalue weighted by molar-refractivity contribution is 0.610. The van der Waals surface area contributed by atoms with Gasteiger partial charge in [0, 0.05) is 17.3 Å². The van der Waals surface area contributed by atoms with Crippen LogP contribution in [0, 0.1) is 0 Å². The maximum Gasteiger partial charge on any atom is 0.0768 e. The third kappa shape index (κ3) is 2.39. The van der Waals surface area contributed by atoms with Gasteiger partial charge in [-0.2, -0.15) is 0 Å². The fourth-order valence-corrected chi connectivity index (χ4v) is 2.11. The molecule has 2 nitrogen and oxygen atoms in total. The van der Waals surface area contributed by atoms with Gasteiger partial charge in [-0.1, -0.05) is 24.6 Å². The highest BCUT2D eigenvalue weighted by Crippen LogP contribution is 2.31. The van der Waals surface area contributed by atoms with E-state index in [1.165, 1.54) is 11.3 Å². The number of fused-ring (bicyclic) bond motifs is 1. The average molecular weight is 247 g/mol. The largest absolute Gasteiger partial charge is 0.356 e. The van der Waals surface area contributed by atoms with Crippen LogP contribution in [0.25, 0.3) is 0 Å². The van der Waals surface area contributed by atoms with Gasteiger partial charge in [-0.25, -0.2) is 0 Å². The number of nitrogens with zero attached hydrogens (tertiary/aromatic N) is 1. The van der Waals surface area contributed by atoms with E-state index in [-0.39, 0.29) is 18.6 Å². The van der Waals surface area contributed by atoms with Crippen molar-refractivity contribution < 1.29 is 0 Å². The number of halogens is 2. The number of benzene rings is 1. The molecule has 15 heavy (non-hydrogen) atoms. The predicted molar refractivity (Wildman–Crippen MR) is 68.0 cm³/mol. The zero-order valence-electron chi connectivity index (χ0n) is 8.74. The second-order valence-electron chi connectivity index (χ2n) is 3.69. The average Bonchev–Trinajstić information content (AvgIpc) is 2.59. The minimum absolute atomic E-state index is 0. The van der Waals surface area contributed by atoms with Crippen LogP contribution in [0.5, 0.6) is 0 Å². The molecule has 1 heterocycles. The van der Waals surface area contributed by atoms with Gasteiger partial charge in [0.15, 0.2) is 0 Å². The molecule has 1 unspecified atom stereocenters. The minimum atomic E-state index is 0. The summed E-state index contributed by atoms with van der Waals surface area (Å²) in [6.07, 6.45) is 2.17. The van der Waals surface area contributed by atoms with Crippen molar-refractivity contribution in [2.24, 2.45) is 5.73 Å². The highest BCUT2D eigenvalue weighted by atomic mass is 35.5. The Labute approximate surface area is 102 Å². The van der Waals surface area contributed by atoms with Gasteiger partial charge in [0.1, 0.15) is 0 Å². The Hall–Kier alpha value is -0.440. The van der Waals surface area contributed by atoms with E-state index >= 15 is 0 Å². The van der Waals surface area contributed by atoms with E-state index < -0.39 is 0 Å². The molecular formula is C11H16Cl2N2. The monoisotopic (exact) mass is 246 g/mol. The van der Waals surface area contributed by atoms with Crippen LogP contribution in [0.15, 0.2) is 18.2 Å². The van der Waals surface area contributed by atoms with Gasteiger partial charge >= 0.3 is 0 Å². The standard InChI is InChI=1S/C11H15ClN2.ClH/c1-2-11(13)14-6-5-8-3-4-9(12)7-10(8)14;/h3-4,7,11H,2,5-6,13H2,1H3;1H. The smallest absolute Gasteiger partial charge is 0.0768 e. The van der Waals surface area contributed by atoms with E-state index in [0.717, 1.165) is 24.4 Å². The lowest BCUT2D eigenvalue weighted by Crippen LogP contribution is -2.40. The van der Waals surface area contributed by atoms with Gasteiger partial charge in [-0.05, 0) is 30.5 Å². The van der Waals surface area contributed by atoms with Crippen molar-refractivity contribution in [1.29, 1.82) is 0 Å². The maximum atomic E-state index is 6.03. The summed E-state index contributed by atoms with van der Waals surface area (Å²) in [6.45, 7) is 3.12. The van der Waals surface area contributed by atoms with Gasteiger partial charge in [-0.3, -0.25) is 0 Å². The maximum absolute atomic E-state index is 6.03. The molecule has 1 aromatic carbocycles. The second-order valence-corrected chi connectivity index (χ2v) is 4.13. The Balaban J connectivity index is 0.00000112. The Morgan fingerprint density at radius 1 is 1.53 bits per heavy atom. The SMILES string of the molecule is CCC(N)N1CCc2ccc(Cl)cc21.Cl. The fraction of sp³-hybridized carbons (Fsp3) is 0.455. The van der Waals surface area contributed by atoms with Gasteiger partial charge in [0.05, 0.1) is 6.17 Å². The van der Waals surface area contributed by atoms with E-state index in [9.17, 15) is 0 Å². The van der Waals surface area contributed by atoms with Crippen LogP contribution in [0.3, 0.4) is 0 Å². The zero-order valence-corrected chi connectivity index (χ0v) is 10.3. The molecule has 0 aliphatic carbocycles. The molecule has 0 radical (unpaired) electrons. The molecule has 1 aromatic rings. The lowest BCUT2D eigenvalue weighted by Gasteiger charge is -2.26. The van der Waals surface area contributed by atoms with Gasteiger partial charge < -0.3 is 10.6 Å². The molecule has 2 rings (SSSR count). The molecule has 0 amide bonds. The Morgan fingerprint density at radius 3 is 2.93 bits per heavy atom. The molecule has 0 saturated carbocycles. The summed E-state index contributed by atoms with van der Waals surface area (Å²) in [5.74, 6) is 0. The summed E-state index contributed by atoms with van der Waals surface area (Å²) in [6, 6.07) is 6.06. The summed E-state index contributed by atoms with van der Waals surface area (Å²) < 4.78 is 0. The third-order valence-corrected chi connectivity index (χ3v) is 3.03. The topological polar surface area (TPSA) is 29.3 Å². The molecule has 0 bridgehead atoms. The highest BCUT2D eigenvalue weighted by Gasteiger charge is 2.22. The van der Waals surface area contributed by atoms with Gasteiger partial charge in [0.25, 0.3) is 0 Å². The number of hydrogen-bond acceptors (Lipinski definition) is 2. The molecule has 1 aliphatic rings. The van der Waals surface area contributed by atoms with E-state index in [1.807, 2.05) is 12.1 Å². The summed E-state index contributed by atoms with van der Waals surface area (Å²) in [5, 5.41) is 0.791. The molecule has 0 fully saturated rings. The quantitative estimate of drug-likeness (QED) is 0.870. The van der Waals surface area contributed by atoms with E-state index in [4.69, 9.17) is 17.3 Å². The number of nitrogens with two attached hydrogens (primary N) is 1. The first-order valence-corrected chi connectivity index (χ1v) is 5.41. The van der Waals surface area contributed by atoms with Crippen LogP contribution in [-0.4, -0.2) is 12.7 Å². The Morgan fingerprint density at radius 2 is 2.27 bits per heavy atom. The van der Waals surface area contributed by atoms with Crippen molar-refractivity contribution in [2.75, 3.05) is 11.4 Å². The lowest BCUT2D eigenvalue weighted by atomic mass is 10.2. The van der Waals surface area contributed by atoms with Crippen LogP contribution in [0.1, 0.15) is 18.9 Å². The molecule has 84 valence electrons. The van der Waals surface area contributed by atoms with Crippen LogP contribution < -0.4 is 10.6 Å². The Kier molecular flexibility index (Phi) is 4.26. The molecule has 0 aromatic heterocycles. The van der Waals surface area contributed by atoms with Gasteiger partial charge in [-0.15, -0.1) is 12.4 Å². The van der Waals surface area contributed by atoms with E-state index in [1.54, 1.807) is 0 Å². The third-order valence-electron chi connectivity index (χ3n) is 2.80. The highest BCUT2D eigenvalue weighted by molar-refractivity contribution is 6.30. The molecule has 1 atom stereocenters. The number of anilines is 1. The molecule has 0 saturated heterocycles. The van der Waals surface area contributed by atoms with Crippen molar-refractivity contribution in [3.63, 3.8) is 0 Å². The Bertz CT molecular complexity index is 341. The van der Waals surface area contributed by atoms with Crippen LogP contribution in [0.4, 0.5) is 5.69 Å².